The third-order valence-corrected chi connectivity index (χ3v) is 2.91. The van der Waals surface area contributed by atoms with Gasteiger partial charge < -0.3 is 15.2 Å². The van der Waals surface area contributed by atoms with Gasteiger partial charge in [-0.1, -0.05) is 0 Å². The van der Waals surface area contributed by atoms with Crippen LogP contribution < -0.4 is 15.6 Å². The van der Waals surface area contributed by atoms with Gasteiger partial charge in [0.1, 0.15) is 12.4 Å². The van der Waals surface area contributed by atoms with Crippen molar-refractivity contribution in [2.24, 2.45) is 5.14 Å². The molecule has 0 aliphatic rings. The smallest absolute Gasteiger partial charge is 0.238 e. The first-order chi connectivity index (χ1) is 7.95. The topological polar surface area (TPSA) is 105 Å². The number of hydrogen-bond donors (Lipinski definition) is 2. The molecular formula is C10H16N2O4S. The third-order valence-electron chi connectivity index (χ3n) is 2.00. The summed E-state index contributed by atoms with van der Waals surface area (Å²) in [5.74, 6) is 0.288. The monoisotopic (exact) mass is 260 g/mol. The summed E-state index contributed by atoms with van der Waals surface area (Å²) in [5, 5.41) is 5.00. The summed E-state index contributed by atoms with van der Waals surface area (Å²) >= 11 is 0. The van der Waals surface area contributed by atoms with Crippen molar-refractivity contribution in [2.45, 2.75) is 11.8 Å². The van der Waals surface area contributed by atoms with Crippen LogP contribution in [0.2, 0.25) is 0 Å². The van der Waals surface area contributed by atoms with E-state index in [4.69, 9.17) is 20.3 Å². The Kier molecular flexibility index (Phi) is 4.73. The van der Waals surface area contributed by atoms with Crippen molar-refractivity contribution in [1.82, 2.24) is 0 Å². The number of nitrogens with two attached hydrogens (primary N) is 2. The lowest BCUT2D eigenvalue weighted by Gasteiger charge is -2.10. The second-order valence-electron chi connectivity index (χ2n) is 3.29. The molecule has 7 heteroatoms. The fraction of sp³-hybridized carbons (Fsp3) is 0.400. The average Bonchev–Trinajstić information content (AvgIpc) is 2.25. The molecule has 0 aliphatic heterocycles. The molecule has 0 saturated heterocycles. The number of rotatable bonds is 6. The number of benzene rings is 1. The molecule has 17 heavy (non-hydrogen) atoms. The van der Waals surface area contributed by atoms with E-state index in [0.717, 1.165) is 0 Å². The fourth-order valence-electron chi connectivity index (χ4n) is 1.17. The normalized spacial score (nSPS) is 11.4. The Morgan fingerprint density at radius 1 is 1.29 bits per heavy atom. The van der Waals surface area contributed by atoms with Crippen LogP contribution in [-0.4, -0.2) is 28.2 Å². The van der Waals surface area contributed by atoms with Crippen molar-refractivity contribution < 1.29 is 17.9 Å². The Morgan fingerprint density at radius 3 is 2.59 bits per heavy atom. The van der Waals surface area contributed by atoms with Gasteiger partial charge in [-0.15, -0.1) is 0 Å². The number of primary sulfonamides is 1. The maximum Gasteiger partial charge on any atom is 0.238 e. The molecule has 0 bridgehead atoms. The fourth-order valence-corrected chi connectivity index (χ4v) is 1.70. The van der Waals surface area contributed by atoms with Crippen LogP contribution in [0.15, 0.2) is 23.1 Å². The van der Waals surface area contributed by atoms with Gasteiger partial charge in [-0.3, -0.25) is 0 Å². The zero-order valence-electron chi connectivity index (χ0n) is 9.55. The van der Waals surface area contributed by atoms with E-state index in [9.17, 15) is 8.42 Å². The highest BCUT2D eigenvalue weighted by Crippen LogP contribution is 2.24. The van der Waals surface area contributed by atoms with E-state index in [0.29, 0.717) is 25.5 Å². The predicted molar refractivity (Wildman–Crippen MR) is 64.2 cm³/mol. The molecule has 1 rings (SSSR count). The van der Waals surface area contributed by atoms with E-state index in [2.05, 4.69) is 0 Å². The predicted octanol–water partition coefficient (Wildman–Crippen LogP) is 0.332. The van der Waals surface area contributed by atoms with Gasteiger partial charge in [0.25, 0.3) is 0 Å². The number of nitrogen functional groups attached to an aromatic ring is 1. The van der Waals surface area contributed by atoms with Crippen LogP contribution in [0.5, 0.6) is 5.75 Å². The summed E-state index contributed by atoms with van der Waals surface area (Å²) in [4.78, 5) is -0.0295. The van der Waals surface area contributed by atoms with Crippen LogP contribution in [0.1, 0.15) is 6.92 Å². The molecule has 4 N–H and O–H groups in total. The minimum absolute atomic E-state index is 0.0295. The van der Waals surface area contributed by atoms with E-state index in [1.54, 1.807) is 0 Å². The largest absolute Gasteiger partial charge is 0.489 e. The molecule has 0 radical (unpaired) electrons. The Hall–Kier alpha value is -1.31. The Morgan fingerprint density at radius 2 is 2.00 bits per heavy atom. The molecule has 0 spiro atoms. The molecule has 1 aromatic rings. The molecule has 0 aromatic heterocycles. The van der Waals surface area contributed by atoms with Crippen LogP contribution in [0.4, 0.5) is 5.69 Å². The van der Waals surface area contributed by atoms with Gasteiger partial charge in [0.2, 0.25) is 10.0 Å². The van der Waals surface area contributed by atoms with Crippen molar-refractivity contribution in [3.05, 3.63) is 18.2 Å². The van der Waals surface area contributed by atoms with E-state index >= 15 is 0 Å². The van der Waals surface area contributed by atoms with Crippen LogP contribution in [0.3, 0.4) is 0 Å². The maximum atomic E-state index is 11.1. The van der Waals surface area contributed by atoms with Crippen LogP contribution in [-0.2, 0) is 14.8 Å². The van der Waals surface area contributed by atoms with Crippen molar-refractivity contribution in [2.75, 3.05) is 25.6 Å². The highest BCUT2D eigenvalue weighted by molar-refractivity contribution is 7.89. The number of anilines is 1. The zero-order chi connectivity index (χ0) is 12.9. The SMILES string of the molecule is CCOCCOc1cc(S(N)(=O)=O)ccc1N. The molecule has 0 saturated carbocycles. The zero-order valence-corrected chi connectivity index (χ0v) is 10.4. The Bertz CT molecular complexity index is 473. The van der Waals surface area contributed by atoms with Gasteiger partial charge in [0, 0.05) is 12.7 Å². The van der Waals surface area contributed by atoms with E-state index in [-0.39, 0.29) is 10.6 Å². The van der Waals surface area contributed by atoms with E-state index in [1.807, 2.05) is 6.92 Å². The molecule has 0 aliphatic carbocycles. The molecule has 0 fully saturated rings. The highest BCUT2D eigenvalue weighted by Gasteiger charge is 2.10. The van der Waals surface area contributed by atoms with E-state index < -0.39 is 10.0 Å². The molecule has 6 nitrogen and oxygen atoms in total. The number of sulfonamides is 1. The van der Waals surface area contributed by atoms with Crippen molar-refractivity contribution in [1.29, 1.82) is 0 Å². The van der Waals surface area contributed by atoms with E-state index in [1.165, 1.54) is 18.2 Å². The Balaban J connectivity index is 2.77. The molecule has 0 heterocycles. The van der Waals surface area contributed by atoms with Crippen molar-refractivity contribution >= 4 is 15.7 Å². The molecule has 96 valence electrons. The summed E-state index contributed by atoms with van der Waals surface area (Å²) in [6.45, 7) is 3.17. The lowest BCUT2D eigenvalue weighted by Crippen LogP contribution is -2.13. The van der Waals surface area contributed by atoms with Crippen molar-refractivity contribution in [3.63, 3.8) is 0 Å². The lowest BCUT2D eigenvalue weighted by molar-refractivity contribution is 0.110. The van der Waals surface area contributed by atoms with Gasteiger partial charge in [0.05, 0.1) is 17.2 Å². The minimum atomic E-state index is -3.74. The third kappa shape index (κ3) is 4.22. The van der Waals surface area contributed by atoms with Gasteiger partial charge >= 0.3 is 0 Å². The first-order valence-corrected chi connectivity index (χ1v) is 6.62. The van der Waals surface area contributed by atoms with Crippen LogP contribution >= 0.6 is 0 Å². The van der Waals surface area contributed by atoms with Gasteiger partial charge in [-0.2, -0.15) is 0 Å². The number of ether oxygens (including phenoxy) is 2. The summed E-state index contributed by atoms with van der Waals surface area (Å²) < 4.78 is 32.6. The first kappa shape index (κ1) is 13.8. The quantitative estimate of drug-likeness (QED) is 0.566. The van der Waals surface area contributed by atoms with Gasteiger partial charge in [-0.05, 0) is 19.1 Å². The molecule has 1 aromatic carbocycles. The first-order valence-electron chi connectivity index (χ1n) is 5.08. The molecular weight excluding hydrogens is 244 g/mol. The molecule has 0 amide bonds. The minimum Gasteiger partial charge on any atom is -0.489 e. The lowest BCUT2D eigenvalue weighted by atomic mass is 10.3. The standard InChI is InChI=1S/C10H16N2O4S/c1-2-15-5-6-16-10-7-8(17(12,13)14)3-4-9(10)11/h3-4,7H,2,5-6,11H2,1H3,(H2,12,13,14). The summed E-state index contributed by atoms with van der Waals surface area (Å²) in [6.07, 6.45) is 0. The second kappa shape index (κ2) is 5.85. The second-order valence-corrected chi connectivity index (χ2v) is 4.85. The Labute approximate surface area is 101 Å². The molecule has 0 unspecified atom stereocenters. The van der Waals surface area contributed by atoms with Gasteiger partial charge in [-0.25, -0.2) is 13.6 Å². The van der Waals surface area contributed by atoms with Crippen molar-refractivity contribution in [3.8, 4) is 5.75 Å². The van der Waals surface area contributed by atoms with Crippen LogP contribution in [0.25, 0.3) is 0 Å². The summed E-state index contributed by atoms with van der Waals surface area (Å²) in [7, 11) is -3.74. The van der Waals surface area contributed by atoms with Crippen LogP contribution in [0, 0.1) is 0 Å². The summed E-state index contributed by atoms with van der Waals surface area (Å²) in [5.41, 5.74) is 6.00. The van der Waals surface area contributed by atoms with Gasteiger partial charge in [0.15, 0.2) is 0 Å². The maximum absolute atomic E-state index is 11.1. The highest BCUT2D eigenvalue weighted by atomic mass is 32.2. The molecule has 0 atom stereocenters. The summed E-state index contributed by atoms with van der Waals surface area (Å²) in [6, 6.07) is 4.08. The number of hydrogen-bond acceptors (Lipinski definition) is 5. The average molecular weight is 260 g/mol.